The molecule has 1 saturated carbocycles. The molecule has 1 aliphatic carbocycles. The monoisotopic (exact) mass is 397 g/mol. The number of ether oxygens (including phenoxy) is 1. The van der Waals surface area contributed by atoms with Crippen molar-refractivity contribution in [3.05, 3.63) is 24.0 Å². The van der Waals surface area contributed by atoms with Gasteiger partial charge in [0, 0.05) is 38.0 Å². The maximum absolute atomic E-state index is 5.99. The standard InChI is InChI=1S/C23H35N5O/c1-16-20(14-27(5)26-16)21-6-7-22(25-24-21)29-15-17-10-18-12-28(13-19(18)11-17)9-8-23(2,3)4/h6-7,14,17-19H,8-13,15H2,1-5H3/t17?,18-,19?/m1/s1. The van der Waals surface area contributed by atoms with Gasteiger partial charge in [-0.3, -0.25) is 4.68 Å². The van der Waals surface area contributed by atoms with Crippen LogP contribution in [0, 0.1) is 30.1 Å². The van der Waals surface area contributed by atoms with Crippen molar-refractivity contribution < 1.29 is 4.74 Å². The minimum Gasteiger partial charge on any atom is -0.476 e. The van der Waals surface area contributed by atoms with E-state index >= 15 is 0 Å². The molecular weight excluding hydrogens is 362 g/mol. The van der Waals surface area contributed by atoms with Crippen LogP contribution in [0.5, 0.6) is 5.88 Å². The van der Waals surface area contributed by atoms with Gasteiger partial charge >= 0.3 is 0 Å². The van der Waals surface area contributed by atoms with Crippen molar-refractivity contribution in [1.82, 2.24) is 24.9 Å². The van der Waals surface area contributed by atoms with E-state index in [1.165, 1.54) is 38.9 Å². The van der Waals surface area contributed by atoms with Gasteiger partial charge in [0.1, 0.15) is 0 Å². The Labute approximate surface area is 174 Å². The molecular formula is C23H35N5O. The van der Waals surface area contributed by atoms with Gasteiger partial charge in [0.15, 0.2) is 0 Å². The average Bonchev–Trinajstić information content (AvgIpc) is 3.30. The second-order valence-electron chi connectivity index (χ2n) is 10.3. The van der Waals surface area contributed by atoms with E-state index in [4.69, 9.17) is 4.74 Å². The normalized spacial score (nSPS) is 24.8. The first-order valence-corrected chi connectivity index (χ1v) is 11.0. The van der Waals surface area contributed by atoms with Crippen LogP contribution in [0.25, 0.3) is 11.3 Å². The smallest absolute Gasteiger partial charge is 0.233 e. The Morgan fingerprint density at radius 2 is 1.83 bits per heavy atom. The number of rotatable bonds is 6. The molecule has 2 unspecified atom stereocenters. The topological polar surface area (TPSA) is 56.1 Å². The highest BCUT2D eigenvalue weighted by Gasteiger charge is 2.40. The molecule has 2 aromatic rings. The zero-order chi connectivity index (χ0) is 20.6. The fourth-order valence-corrected chi connectivity index (χ4v) is 4.93. The second kappa shape index (κ2) is 8.05. The number of aromatic nitrogens is 4. The predicted molar refractivity (Wildman–Crippen MR) is 115 cm³/mol. The van der Waals surface area contributed by atoms with Crippen LogP contribution in [-0.4, -0.2) is 51.1 Å². The highest BCUT2D eigenvalue weighted by Crippen LogP contribution is 2.42. The Hall–Kier alpha value is -1.95. The van der Waals surface area contributed by atoms with E-state index in [9.17, 15) is 0 Å². The summed E-state index contributed by atoms with van der Waals surface area (Å²) in [6.45, 7) is 13.6. The Kier molecular flexibility index (Phi) is 5.65. The van der Waals surface area contributed by atoms with Crippen molar-refractivity contribution in [2.45, 2.75) is 47.0 Å². The van der Waals surface area contributed by atoms with E-state index in [-0.39, 0.29) is 0 Å². The molecule has 0 spiro atoms. The Balaban J connectivity index is 1.24. The van der Waals surface area contributed by atoms with Crippen LogP contribution >= 0.6 is 0 Å². The molecule has 6 nitrogen and oxygen atoms in total. The molecule has 158 valence electrons. The minimum atomic E-state index is 0.431. The fraction of sp³-hybridized carbons (Fsp3) is 0.696. The Morgan fingerprint density at radius 3 is 2.38 bits per heavy atom. The average molecular weight is 398 g/mol. The summed E-state index contributed by atoms with van der Waals surface area (Å²) in [5.41, 5.74) is 3.25. The molecule has 0 radical (unpaired) electrons. The predicted octanol–water partition coefficient (Wildman–Crippen LogP) is 3.96. The SMILES string of the molecule is Cc1nn(C)cc1-c1ccc(OCC2CC3CN(CCC(C)(C)C)C[C@H]3C2)nn1. The molecule has 1 saturated heterocycles. The summed E-state index contributed by atoms with van der Waals surface area (Å²) in [6.07, 6.45) is 5.84. The zero-order valence-corrected chi connectivity index (χ0v) is 18.6. The van der Waals surface area contributed by atoms with Gasteiger partial charge < -0.3 is 9.64 Å². The third kappa shape index (κ3) is 4.97. The maximum Gasteiger partial charge on any atom is 0.233 e. The van der Waals surface area contributed by atoms with E-state index in [1.807, 2.05) is 32.3 Å². The van der Waals surface area contributed by atoms with E-state index in [2.05, 4.69) is 41.0 Å². The van der Waals surface area contributed by atoms with Crippen LogP contribution in [0.1, 0.15) is 45.7 Å². The molecule has 3 heterocycles. The molecule has 2 aromatic heterocycles. The first kappa shape index (κ1) is 20.3. The molecule has 0 bridgehead atoms. The first-order valence-electron chi connectivity index (χ1n) is 11.0. The maximum atomic E-state index is 5.99. The summed E-state index contributed by atoms with van der Waals surface area (Å²) in [4.78, 5) is 2.68. The van der Waals surface area contributed by atoms with Crippen LogP contribution in [0.15, 0.2) is 18.3 Å². The van der Waals surface area contributed by atoms with Gasteiger partial charge in [-0.15, -0.1) is 10.2 Å². The Bertz CT molecular complexity index is 809. The number of nitrogens with zero attached hydrogens (tertiary/aromatic N) is 5. The largest absolute Gasteiger partial charge is 0.476 e. The van der Waals surface area contributed by atoms with Gasteiger partial charge in [-0.2, -0.15) is 5.10 Å². The third-order valence-corrected chi connectivity index (χ3v) is 6.50. The first-order chi connectivity index (χ1) is 13.8. The van der Waals surface area contributed by atoms with Gasteiger partial charge in [-0.25, -0.2) is 0 Å². The molecule has 2 fully saturated rings. The molecule has 0 amide bonds. The molecule has 29 heavy (non-hydrogen) atoms. The van der Waals surface area contributed by atoms with Crippen molar-refractivity contribution >= 4 is 0 Å². The second-order valence-corrected chi connectivity index (χ2v) is 10.3. The molecule has 2 aliphatic rings. The lowest BCUT2D eigenvalue weighted by molar-refractivity contribution is 0.212. The van der Waals surface area contributed by atoms with Crippen molar-refractivity contribution in [3.63, 3.8) is 0 Å². The summed E-state index contributed by atoms with van der Waals surface area (Å²) >= 11 is 0. The van der Waals surface area contributed by atoms with Gasteiger partial charge in [0.2, 0.25) is 5.88 Å². The van der Waals surface area contributed by atoms with Crippen LogP contribution in [0.4, 0.5) is 0 Å². The summed E-state index contributed by atoms with van der Waals surface area (Å²) in [7, 11) is 1.92. The quantitative estimate of drug-likeness (QED) is 0.738. The molecule has 3 atom stereocenters. The lowest BCUT2D eigenvalue weighted by Gasteiger charge is -2.24. The minimum absolute atomic E-state index is 0.431. The zero-order valence-electron chi connectivity index (χ0n) is 18.6. The van der Waals surface area contributed by atoms with Crippen molar-refractivity contribution in [1.29, 1.82) is 0 Å². The van der Waals surface area contributed by atoms with E-state index in [1.54, 1.807) is 4.68 Å². The van der Waals surface area contributed by atoms with Gasteiger partial charge in [0.25, 0.3) is 0 Å². The van der Waals surface area contributed by atoms with Crippen molar-refractivity contribution in [2.75, 3.05) is 26.2 Å². The molecule has 0 N–H and O–H groups in total. The summed E-state index contributed by atoms with van der Waals surface area (Å²) < 4.78 is 7.80. The summed E-state index contributed by atoms with van der Waals surface area (Å²) in [5, 5.41) is 13.0. The van der Waals surface area contributed by atoms with Crippen molar-refractivity contribution in [2.24, 2.45) is 30.2 Å². The molecule has 6 heteroatoms. The number of likely N-dealkylation sites (tertiary alicyclic amines) is 1. The third-order valence-electron chi connectivity index (χ3n) is 6.50. The van der Waals surface area contributed by atoms with Crippen LogP contribution in [0.2, 0.25) is 0 Å². The van der Waals surface area contributed by atoms with Crippen LogP contribution in [0.3, 0.4) is 0 Å². The lowest BCUT2D eigenvalue weighted by atomic mass is 9.92. The van der Waals surface area contributed by atoms with Gasteiger partial charge in [-0.1, -0.05) is 20.8 Å². The van der Waals surface area contributed by atoms with Crippen molar-refractivity contribution in [3.8, 4) is 17.1 Å². The Morgan fingerprint density at radius 1 is 1.10 bits per heavy atom. The number of hydrogen-bond acceptors (Lipinski definition) is 5. The highest BCUT2D eigenvalue weighted by molar-refractivity contribution is 5.60. The number of fused-ring (bicyclic) bond motifs is 1. The molecule has 0 aromatic carbocycles. The van der Waals surface area contributed by atoms with Gasteiger partial charge in [-0.05, 0) is 62.0 Å². The van der Waals surface area contributed by atoms with E-state index in [0.29, 0.717) is 17.2 Å². The summed E-state index contributed by atoms with van der Waals surface area (Å²) in [6, 6.07) is 3.90. The highest BCUT2D eigenvalue weighted by atomic mass is 16.5. The van der Waals surface area contributed by atoms with Crippen LogP contribution < -0.4 is 4.74 Å². The molecule has 1 aliphatic heterocycles. The summed E-state index contributed by atoms with van der Waals surface area (Å²) in [5.74, 6) is 2.98. The van der Waals surface area contributed by atoms with E-state index in [0.717, 1.165) is 35.4 Å². The molecule has 4 rings (SSSR count). The van der Waals surface area contributed by atoms with Crippen LogP contribution in [-0.2, 0) is 7.05 Å². The lowest BCUT2D eigenvalue weighted by Crippen LogP contribution is -2.27. The number of aryl methyl sites for hydroxylation is 2. The van der Waals surface area contributed by atoms with E-state index < -0.39 is 0 Å². The van der Waals surface area contributed by atoms with Gasteiger partial charge in [0.05, 0.1) is 18.0 Å². The fourth-order valence-electron chi connectivity index (χ4n) is 4.93. The number of hydrogen-bond donors (Lipinski definition) is 0.